The van der Waals surface area contributed by atoms with Gasteiger partial charge >= 0.3 is 0 Å². The number of carbonyl (C=O) groups excluding carboxylic acids is 1. The lowest BCUT2D eigenvalue weighted by Gasteiger charge is -2.08. The number of hydrogen-bond acceptors (Lipinski definition) is 5. The van der Waals surface area contributed by atoms with E-state index in [1.165, 1.54) is 11.3 Å². The molecule has 0 fully saturated rings. The largest absolute Gasteiger partial charge is 0.444 e. The molecule has 0 saturated carbocycles. The molecule has 1 amide bonds. The lowest BCUT2D eigenvalue weighted by molar-refractivity contribution is 0.0938. The van der Waals surface area contributed by atoms with Gasteiger partial charge in [-0.1, -0.05) is 0 Å². The molecular weight excluding hydrogens is 250 g/mol. The molecule has 96 valence electrons. The molecule has 0 aliphatic carbocycles. The number of thiophene rings is 1. The number of nitrogens with zero attached hydrogens (tertiary/aromatic N) is 1. The SMILES string of the molecule is Cc1cnc(C(C)NC(=O)c2cc(N)c(C)s2)o1. The predicted molar refractivity (Wildman–Crippen MR) is 70.6 cm³/mol. The maximum atomic E-state index is 12.0. The first kappa shape index (κ1) is 12.6. The number of aryl methyl sites for hydroxylation is 2. The van der Waals surface area contributed by atoms with Gasteiger partial charge in [0.15, 0.2) is 0 Å². The third kappa shape index (κ3) is 2.53. The van der Waals surface area contributed by atoms with Gasteiger partial charge in [0.1, 0.15) is 11.8 Å². The minimum Gasteiger partial charge on any atom is -0.444 e. The smallest absolute Gasteiger partial charge is 0.262 e. The fourth-order valence-corrected chi connectivity index (χ4v) is 2.35. The molecule has 0 aliphatic heterocycles. The third-order valence-corrected chi connectivity index (χ3v) is 3.60. The van der Waals surface area contributed by atoms with Gasteiger partial charge in [0.05, 0.1) is 11.1 Å². The summed E-state index contributed by atoms with van der Waals surface area (Å²) in [6.07, 6.45) is 1.63. The lowest BCUT2D eigenvalue weighted by atomic mass is 10.3. The molecule has 2 aromatic rings. The highest BCUT2D eigenvalue weighted by atomic mass is 32.1. The normalized spacial score (nSPS) is 12.4. The molecule has 2 aromatic heterocycles. The van der Waals surface area contributed by atoms with Crippen LogP contribution >= 0.6 is 11.3 Å². The van der Waals surface area contributed by atoms with Crippen molar-refractivity contribution in [3.63, 3.8) is 0 Å². The second-order valence-electron chi connectivity index (χ2n) is 4.13. The Morgan fingerprint density at radius 1 is 1.56 bits per heavy atom. The molecule has 1 unspecified atom stereocenters. The Morgan fingerprint density at radius 2 is 2.28 bits per heavy atom. The first-order valence-corrected chi connectivity index (χ1v) is 6.38. The molecule has 3 N–H and O–H groups in total. The van der Waals surface area contributed by atoms with Crippen molar-refractivity contribution in [1.29, 1.82) is 0 Å². The molecule has 6 heteroatoms. The molecule has 18 heavy (non-hydrogen) atoms. The monoisotopic (exact) mass is 265 g/mol. The summed E-state index contributed by atoms with van der Waals surface area (Å²) in [4.78, 5) is 17.6. The number of aromatic nitrogens is 1. The number of oxazole rings is 1. The minimum absolute atomic E-state index is 0.164. The van der Waals surface area contributed by atoms with E-state index in [0.717, 1.165) is 10.6 Å². The van der Waals surface area contributed by atoms with Gasteiger partial charge in [0, 0.05) is 10.6 Å². The molecule has 0 aromatic carbocycles. The number of nitrogens with two attached hydrogens (primary N) is 1. The number of carbonyl (C=O) groups is 1. The van der Waals surface area contributed by atoms with Crippen LogP contribution in [0.5, 0.6) is 0 Å². The Kier molecular flexibility index (Phi) is 3.38. The van der Waals surface area contributed by atoms with Crippen LogP contribution in [0.1, 0.15) is 39.2 Å². The van der Waals surface area contributed by atoms with Crippen LogP contribution in [-0.4, -0.2) is 10.9 Å². The van der Waals surface area contributed by atoms with Crippen LogP contribution in [-0.2, 0) is 0 Å². The molecule has 2 heterocycles. The molecule has 0 radical (unpaired) electrons. The van der Waals surface area contributed by atoms with Crippen molar-refractivity contribution in [3.05, 3.63) is 33.7 Å². The highest BCUT2D eigenvalue weighted by Crippen LogP contribution is 2.24. The molecule has 0 aliphatic rings. The Labute approximate surface area is 109 Å². The zero-order valence-corrected chi connectivity index (χ0v) is 11.3. The van der Waals surface area contributed by atoms with Gasteiger partial charge in [0.25, 0.3) is 5.91 Å². The average Bonchev–Trinajstić information content (AvgIpc) is 2.86. The van der Waals surface area contributed by atoms with E-state index in [-0.39, 0.29) is 11.9 Å². The number of nitrogens with one attached hydrogen (secondary N) is 1. The number of rotatable bonds is 3. The second-order valence-corrected chi connectivity index (χ2v) is 5.38. The van der Waals surface area contributed by atoms with Gasteiger partial charge in [-0.15, -0.1) is 11.3 Å². The zero-order chi connectivity index (χ0) is 13.3. The summed E-state index contributed by atoms with van der Waals surface area (Å²) in [5.41, 5.74) is 6.37. The zero-order valence-electron chi connectivity index (χ0n) is 10.5. The van der Waals surface area contributed by atoms with Crippen molar-refractivity contribution >= 4 is 22.9 Å². The van der Waals surface area contributed by atoms with E-state index in [1.54, 1.807) is 12.3 Å². The van der Waals surface area contributed by atoms with Gasteiger partial charge in [-0.3, -0.25) is 4.79 Å². The number of amides is 1. The van der Waals surface area contributed by atoms with Crippen molar-refractivity contribution in [2.75, 3.05) is 5.73 Å². The van der Waals surface area contributed by atoms with E-state index in [9.17, 15) is 4.79 Å². The molecule has 0 bridgehead atoms. The third-order valence-electron chi connectivity index (χ3n) is 2.54. The van der Waals surface area contributed by atoms with Gasteiger partial charge in [-0.2, -0.15) is 0 Å². The van der Waals surface area contributed by atoms with Crippen LogP contribution in [0.15, 0.2) is 16.7 Å². The average molecular weight is 265 g/mol. The van der Waals surface area contributed by atoms with E-state index in [2.05, 4.69) is 10.3 Å². The molecule has 2 rings (SSSR count). The van der Waals surface area contributed by atoms with Crippen LogP contribution in [0, 0.1) is 13.8 Å². The molecule has 0 spiro atoms. The van der Waals surface area contributed by atoms with Crippen molar-refractivity contribution in [3.8, 4) is 0 Å². The first-order valence-electron chi connectivity index (χ1n) is 5.56. The van der Waals surface area contributed by atoms with E-state index in [0.29, 0.717) is 16.5 Å². The Morgan fingerprint density at radius 3 is 2.78 bits per heavy atom. The Bertz CT molecular complexity index is 554. The van der Waals surface area contributed by atoms with Crippen molar-refractivity contribution < 1.29 is 9.21 Å². The molecule has 1 atom stereocenters. The van der Waals surface area contributed by atoms with E-state index in [4.69, 9.17) is 10.2 Å². The summed E-state index contributed by atoms with van der Waals surface area (Å²) in [6, 6.07) is 1.41. The van der Waals surface area contributed by atoms with Gasteiger partial charge in [-0.05, 0) is 26.8 Å². The summed E-state index contributed by atoms with van der Waals surface area (Å²) in [6.45, 7) is 5.53. The minimum atomic E-state index is -0.269. The van der Waals surface area contributed by atoms with Crippen molar-refractivity contribution in [1.82, 2.24) is 10.3 Å². The van der Waals surface area contributed by atoms with Gasteiger partial charge in [0.2, 0.25) is 5.89 Å². The van der Waals surface area contributed by atoms with E-state index >= 15 is 0 Å². The first-order chi connectivity index (χ1) is 8.47. The Balaban J connectivity index is 2.07. The highest BCUT2D eigenvalue weighted by molar-refractivity contribution is 7.14. The summed E-state index contributed by atoms with van der Waals surface area (Å²) in [5, 5.41) is 2.83. The Hall–Kier alpha value is -1.82. The van der Waals surface area contributed by atoms with Crippen LogP contribution in [0.25, 0.3) is 0 Å². The molecule has 0 saturated heterocycles. The summed E-state index contributed by atoms with van der Waals surface area (Å²) < 4.78 is 5.36. The maximum absolute atomic E-state index is 12.0. The van der Waals surface area contributed by atoms with Crippen LogP contribution in [0.3, 0.4) is 0 Å². The fourth-order valence-electron chi connectivity index (χ4n) is 1.51. The number of nitrogen functional groups attached to an aromatic ring is 1. The predicted octanol–water partition coefficient (Wildman–Crippen LogP) is 2.43. The maximum Gasteiger partial charge on any atom is 0.262 e. The van der Waals surface area contributed by atoms with Gasteiger partial charge < -0.3 is 15.5 Å². The summed E-state index contributed by atoms with van der Waals surface area (Å²) in [5.74, 6) is 1.06. The second kappa shape index (κ2) is 4.81. The van der Waals surface area contributed by atoms with Crippen LogP contribution in [0.2, 0.25) is 0 Å². The quantitative estimate of drug-likeness (QED) is 0.893. The highest BCUT2D eigenvalue weighted by Gasteiger charge is 2.17. The van der Waals surface area contributed by atoms with E-state index in [1.807, 2.05) is 20.8 Å². The lowest BCUT2D eigenvalue weighted by Crippen LogP contribution is -2.26. The topological polar surface area (TPSA) is 81.2 Å². The summed E-state index contributed by atoms with van der Waals surface area (Å²) >= 11 is 1.38. The van der Waals surface area contributed by atoms with Crippen molar-refractivity contribution in [2.24, 2.45) is 0 Å². The fraction of sp³-hybridized carbons (Fsp3) is 0.333. The molecule has 5 nitrogen and oxygen atoms in total. The number of hydrogen-bond donors (Lipinski definition) is 2. The molecular formula is C12H15N3O2S. The standard InChI is InChI=1S/C12H15N3O2S/c1-6-5-14-12(17-6)7(2)15-11(16)10-4-9(13)8(3)18-10/h4-5,7H,13H2,1-3H3,(H,15,16). The van der Waals surface area contributed by atoms with E-state index < -0.39 is 0 Å². The van der Waals surface area contributed by atoms with Crippen LogP contribution < -0.4 is 11.1 Å². The summed E-state index contributed by atoms with van der Waals surface area (Å²) in [7, 11) is 0. The van der Waals surface area contributed by atoms with Crippen LogP contribution in [0.4, 0.5) is 5.69 Å². The van der Waals surface area contributed by atoms with Crippen molar-refractivity contribution in [2.45, 2.75) is 26.8 Å². The van der Waals surface area contributed by atoms with Gasteiger partial charge in [-0.25, -0.2) is 4.98 Å². The number of anilines is 1.